The van der Waals surface area contributed by atoms with Gasteiger partial charge in [0.15, 0.2) is 0 Å². The van der Waals surface area contributed by atoms with Crippen molar-refractivity contribution in [2.45, 2.75) is 20.8 Å². The lowest BCUT2D eigenvalue weighted by molar-refractivity contribution is -0.384. The van der Waals surface area contributed by atoms with Gasteiger partial charge >= 0.3 is 5.69 Å². The van der Waals surface area contributed by atoms with Gasteiger partial charge in [0.05, 0.1) is 10.3 Å². The van der Waals surface area contributed by atoms with E-state index >= 15 is 0 Å². The molecule has 0 spiro atoms. The molecule has 1 aromatic heterocycles. The van der Waals surface area contributed by atoms with E-state index in [2.05, 4.69) is 25.9 Å². The number of nitrogens with one attached hydrogen (secondary N) is 3. The van der Waals surface area contributed by atoms with Gasteiger partial charge in [-0.05, 0) is 20.8 Å². The normalized spacial score (nSPS) is 10.9. The number of hydrogen-bond acceptors (Lipinski definition) is 7. The lowest BCUT2D eigenvalue weighted by atomic mass is 9.92. The number of carbonyl (C=O) groups excluding carboxylic acids is 1. The average molecular weight is 296 g/mol. The molecule has 0 bridgehead atoms. The van der Waals surface area contributed by atoms with Gasteiger partial charge in [-0.25, -0.2) is 4.98 Å². The van der Waals surface area contributed by atoms with E-state index < -0.39 is 10.3 Å². The average Bonchev–Trinajstić information content (AvgIpc) is 2.44. The van der Waals surface area contributed by atoms with Crippen LogP contribution in [-0.4, -0.2) is 40.9 Å². The quantitative estimate of drug-likeness (QED) is 0.506. The first-order chi connectivity index (χ1) is 9.81. The number of carbonyl (C=O) groups is 1. The van der Waals surface area contributed by atoms with Crippen molar-refractivity contribution in [1.29, 1.82) is 0 Å². The van der Waals surface area contributed by atoms with E-state index in [4.69, 9.17) is 0 Å². The van der Waals surface area contributed by atoms with Gasteiger partial charge in [0.1, 0.15) is 6.20 Å². The van der Waals surface area contributed by atoms with Crippen molar-refractivity contribution in [2.24, 2.45) is 5.41 Å². The maximum atomic E-state index is 11.7. The van der Waals surface area contributed by atoms with E-state index in [0.29, 0.717) is 12.5 Å². The van der Waals surface area contributed by atoms with Gasteiger partial charge in [-0.1, -0.05) is 0 Å². The molecule has 0 fully saturated rings. The first-order valence-corrected chi connectivity index (χ1v) is 6.53. The Morgan fingerprint density at radius 3 is 2.62 bits per heavy atom. The van der Waals surface area contributed by atoms with Crippen LogP contribution in [0.5, 0.6) is 0 Å². The monoisotopic (exact) mass is 296 g/mol. The number of nitrogens with zero attached hydrogens (tertiary/aromatic N) is 3. The van der Waals surface area contributed by atoms with Crippen LogP contribution in [0.3, 0.4) is 0 Å². The molecule has 0 aromatic carbocycles. The summed E-state index contributed by atoms with van der Waals surface area (Å²) in [7, 11) is 1.54. The highest BCUT2D eigenvalue weighted by Crippen LogP contribution is 2.24. The van der Waals surface area contributed by atoms with Crippen molar-refractivity contribution in [2.75, 3.05) is 30.8 Å². The first kappa shape index (κ1) is 16.6. The van der Waals surface area contributed by atoms with Gasteiger partial charge in [-0.2, -0.15) is 4.98 Å². The van der Waals surface area contributed by atoms with E-state index in [1.54, 1.807) is 20.9 Å². The highest BCUT2D eigenvalue weighted by atomic mass is 16.6. The Bertz CT molecular complexity index is 532. The molecule has 3 N–H and O–H groups in total. The van der Waals surface area contributed by atoms with Crippen molar-refractivity contribution in [3.05, 3.63) is 16.3 Å². The second-order valence-corrected chi connectivity index (χ2v) is 5.03. The molecule has 21 heavy (non-hydrogen) atoms. The molecule has 116 valence electrons. The summed E-state index contributed by atoms with van der Waals surface area (Å²) in [5, 5.41) is 19.3. The number of amides is 1. The molecule has 0 aliphatic carbocycles. The van der Waals surface area contributed by atoms with Crippen LogP contribution in [0.2, 0.25) is 0 Å². The molecule has 0 saturated carbocycles. The van der Waals surface area contributed by atoms with Crippen LogP contribution in [0.4, 0.5) is 17.5 Å². The number of anilines is 2. The maximum Gasteiger partial charge on any atom is 0.329 e. The molecule has 1 aromatic rings. The summed E-state index contributed by atoms with van der Waals surface area (Å²) in [6.07, 6.45) is 1.14. The summed E-state index contributed by atoms with van der Waals surface area (Å²) in [4.78, 5) is 30.1. The first-order valence-electron chi connectivity index (χ1n) is 6.53. The lowest BCUT2D eigenvalue weighted by Crippen LogP contribution is -2.39. The molecule has 0 aliphatic rings. The van der Waals surface area contributed by atoms with E-state index in [1.165, 1.54) is 0 Å². The minimum Gasteiger partial charge on any atom is -0.363 e. The second-order valence-electron chi connectivity index (χ2n) is 5.03. The smallest absolute Gasteiger partial charge is 0.329 e. The molecule has 0 aliphatic heterocycles. The topological polar surface area (TPSA) is 122 Å². The third-order valence-corrected chi connectivity index (χ3v) is 2.84. The third-order valence-electron chi connectivity index (χ3n) is 2.84. The van der Waals surface area contributed by atoms with Gasteiger partial charge in [0.25, 0.3) is 0 Å². The molecule has 0 radical (unpaired) electrons. The molecule has 0 saturated heterocycles. The fourth-order valence-electron chi connectivity index (χ4n) is 1.61. The molecule has 9 nitrogen and oxygen atoms in total. The summed E-state index contributed by atoms with van der Waals surface area (Å²) in [6, 6.07) is 0. The predicted molar refractivity (Wildman–Crippen MR) is 79.2 cm³/mol. The standard InChI is InChI=1S/C12H20N6O3/c1-5-14-11-15-6-8(18(20)21)9(17-11)16-7-12(2,3)10(19)13-4/h6H,5,7H2,1-4H3,(H,13,19)(H2,14,15,16,17). The Balaban J connectivity index is 2.97. The fourth-order valence-corrected chi connectivity index (χ4v) is 1.61. The Hall–Kier alpha value is -2.45. The van der Waals surface area contributed by atoms with Crippen molar-refractivity contribution < 1.29 is 9.72 Å². The van der Waals surface area contributed by atoms with E-state index in [-0.39, 0.29) is 24.0 Å². The van der Waals surface area contributed by atoms with Crippen molar-refractivity contribution in [3.63, 3.8) is 0 Å². The second kappa shape index (κ2) is 6.82. The van der Waals surface area contributed by atoms with Crippen LogP contribution < -0.4 is 16.0 Å². The SMILES string of the molecule is CCNc1ncc([N+](=O)[O-])c(NCC(C)(C)C(=O)NC)n1. The zero-order valence-corrected chi connectivity index (χ0v) is 12.6. The molecule has 9 heteroatoms. The fraction of sp³-hybridized carbons (Fsp3) is 0.583. The minimum absolute atomic E-state index is 0.0860. The van der Waals surface area contributed by atoms with Crippen LogP contribution in [0.15, 0.2) is 6.20 Å². The van der Waals surface area contributed by atoms with Crippen LogP contribution in [0.25, 0.3) is 0 Å². The molecule has 1 heterocycles. The van der Waals surface area contributed by atoms with E-state index in [1.807, 2.05) is 6.92 Å². The molecule has 0 atom stereocenters. The van der Waals surface area contributed by atoms with Crippen LogP contribution in [0, 0.1) is 15.5 Å². The molecule has 0 unspecified atom stereocenters. The summed E-state index contributed by atoms with van der Waals surface area (Å²) in [5.41, 5.74) is -0.962. The zero-order chi connectivity index (χ0) is 16.0. The highest BCUT2D eigenvalue weighted by Gasteiger charge is 2.28. The summed E-state index contributed by atoms with van der Waals surface area (Å²) in [5.74, 6) is 0.213. The maximum absolute atomic E-state index is 11.7. The number of aromatic nitrogens is 2. The van der Waals surface area contributed by atoms with Gasteiger partial charge in [0, 0.05) is 20.1 Å². The largest absolute Gasteiger partial charge is 0.363 e. The van der Waals surface area contributed by atoms with Crippen molar-refractivity contribution in [3.8, 4) is 0 Å². The van der Waals surface area contributed by atoms with Crippen molar-refractivity contribution >= 4 is 23.4 Å². The van der Waals surface area contributed by atoms with Gasteiger partial charge in [0.2, 0.25) is 17.7 Å². The molecular weight excluding hydrogens is 276 g/mol. The molecule has 1 rings (SSSR count). The van der Waals surface area contributed by atoms with Crippen molar-refractivity contribution in [1.82, 2.24) is 15.3 Å². The van der Waals surface area contributed by atoms with Gasteiger partial charge < -0.3 is 16.0 Å². The van der Waals surface area contributed by atoms with Crippen LogP contribution >= 0.6 is 0 Å². The van der Waals surface area contributed by atoms with E-state index in [0.717, 1.165) is 6.20 Å². The lowest BCUT2D eigenvalue weighted by Gasteiger charge is -2.23. The molecular formula is C12H20N6O3. The Labute approximate surface area is 122 Å². The Morgan fingerprint density at radius 1 is 1.43 bits per heavy atom. The summed E-state index contributed by atoms with van der Waals surface area (Å²) >= 11 is 0. The summed E-state index contributed by atoms with van der Waals surface area (Å²) < 4.78 is 0. The van der Waals surface area contributed by atoms with Gasteiger partial charge in [-0.15, -0.1) is 0 Å². The number of rotatable bonds is 7. The van der Waals surface area contributed by atoms with E-state index in [9.17, 15) is 14.9 Å². The Morgan fingerprint density at radius 2 is 2.10 bits per heavy atom. The number of nitro groups is 1. The minimum atomic E-state index is -0.730. The number of hydrogen-bond donors (Lipinski definition) is 3. The van der Waals surface area contributed by atoms with Crippen LogP contribution in [-0.2, 0) is 4.79 Å². The predicted octanol–water partition coefficient (Wildman–Crippen LogP) is 1.00. The summed E-state index contributed by atoms with van der Waals surface area (Å²) in [6.45, 7) is 6.14. The third kappa shape index (κ3) is 4.26. The van der Waals surface area contributed by atoms with Gasteiger partial charge in [-0.3, -0.25) is 14.9 Å². The highest BCUT2D eigenvalue weighted by molar-refractivity contribution is 5.82. The zero-order valence-electron chi connectivity index (χ0n) is 12.6. The Kier molecular flexibility index (Phi) is 5.39. The molecule has 1 amide bonds. The van der Waals surface area contributed by atoms with Crippen LogP contribution in [0.1, 0.15) is 20.8 Å².